The summed E-state index contributed by atoms with van der Waals surface area (Å²) in [4.78, 5) is 23.6. The lowest BCUT2D eigenvalue weighted by Crippen LogP contribution is -2.16. The molecule has 0 saturated heterocycles. The molecule has 1 atom stereocenters. The van der Waals surface area contributed by atoms with Gasteiger partial charge in [0.15, 0.2) is 0 Å². The zero-order valence-corrected chi connectivity index (χ0v) is 26.0. The zero-order valence-electron chi connectivity index (χ0n) is 26.0. The fourth-order valence-electron chi connectivity index (χ4n) is 5.85. The fraction of sp³-hybridized carbons (Fsp3) is 0.0238. The molecule has 8 rings (SSSR count). The summed E-state index contributed by atoms with van der Waals surface area (Å²) in [5.74, 6) is 0. The third kappa shape index (κ3) is 6.15. The molecule has 1 aliphatic rings. The molecule has 6 heteroatoms. The molecule has 0 amide bonds. The van der Waals surface area contributed by atoms with Gasteiger partial charge in [-0.05, 0) is 106 Å². The van der Waals surface area contributed by atoms with Gasteiger partial charge in [0.05, 0.1) is 45.9 Å². The molecular weight excluding hydrogens is 589 g/mol. The average molecular weight is 619 g/mol. The Hall–Kier alpha value is -6.53. The molecule has 0 aliphatic carbocycles. The van der Waals surface area contributed by atoms with Crippen LogP contribution >= 0.6 is 0 Å². The number of nitrogens with one attached hydrogen (secondary N) is 1. The van der Waals surface area contributed by atoms with E-state index in [0.717, 1.165) is 73.2 Å². The molecule has 0 spiro atoms. The van der Waals surface area contributed by atoms with E-state index in [9.17, 15) is 0 Å². The summed E-state index contributed by atoms with van der Waals surface area (Å²) >= 11 is 0. The van der Waals surface area contributed by atoms with Gasteiger partial charge in [-0.1, -0.05) is 78.9 Å². The number of aromatic nitrogens is 5. The molecule has 5 aromatic heterocycles. The summed E-state index contributed by atoms with van der Waals surface area (Å²) in [6.45, 7) is 0. The highest BCUT2D eigenvalue weighted by Crippen LogP contribution is 2.33. The minimum atomic E-state index is -0.00401. The van der Waals surface area contributed by atoms with Crippen LogP contribution in [-0.4, -0.2) is 24.9 Å². The summed E-state index contributed by atoms with van der Waals surface area (Å²) in [6, 6.07) is 43.5. The van der Waals surface area contributed by atoms with Crippen molar-refractivity contribution in [3.05, 3.63) is 176 Å². The molecule has 1 N–H and O–H groups in total. The van der Waals surface area contributed by atoms with Crippen molar-refractivity contribution in [1.82, 2.24) is 30.2 Å². The number of hydrogen-bond acceptors (Lipinski definition) is 6. The van der Waals surface area contributed by atoms with Crippen LogP contribution in [0.25, 0.3) is 67.5 Å². The smallest absolute Gasteiger partial charge is 0.0900 e. The van der Waals surface area contributed by atoms with Crippen molar-refractivity contribution >= 4 is 0 Å². The summed E-state index contributed by atoms with van der Waals surface area (Å²) in [5, 5.41) is 3.40. The zero-order chi connectivity index (χ0) is 32.1. The second kappa shape index (κ2) is 13.1. The van der Waals surface area contributed by atoms with E-state index >= 15 is 0 Å². The predicted octanol–water partition coefficient (Wildman–Crippen LogP) is 9.38. The largest absolute Gasteiger partial charge is 0.379 e. The van der Waals surface area contributed by atoms with Crippen LogP contribution < -0.4 is 5.32 Å². The highest BCUT2D eigenvalue weighted by molar-refractivity contribution is 5.78. The van der Waals surface area contributed by atoms with E-state index in [-0.39, 0.29) is 6.04 Å². The standard InChI is InChI=1S/C42H30N6/c1-5-21-43-35(9-1)39-25-33(26-40(47-39)36-10-2-6-22-44-36)31-17-13-29(14-18-31)30-15-19-32(20-16-30)34-27-41(37-11-3-7-23-45-37)48-42(28-34)38-12-4-8-24-46-38/h1-28,35,43H. The molecule has 6 heterocycles. The Balaban J connectivity index is 1.10. The van der Waals surface area contributed by atoms with Gasteiger partial charge in [-0.2, -0.15) is 0 Å². The van der Waals surface area contributed by atoms with E-state index in [1.807, 2.05) is 72.9 Å². The Kier molecular flexibility index (Phi) is 7.87. The summed E-state index contributed by atoms with van der Waals surface area (Å²) in [7, 11) is 0. The molecule has 0 radical (unpaired) electrons. The first kappa shape index (κ1) is 28.9. The van der Waals surface area contributed by atoms with Gasteiger partial charge < -0.3 is 5.32 Å². The number of benzene rings is 2. The number of hydrogen-bond donors (Lipinski definition) is 1. The molecule has 2 aromatic carbocycles. The van der Waals surface area contributed by atoms with Crippen LogP contribution in [0.5, 0.6) is 0 Å². The van der Waals surface area contributed by atoms with Crippen molar-refractivity contribution < 1.29 is 0 Å². The highest BCUT2D eigenvalue weighted by atomic mass is 14.9. The quantitative estimate of drug-likeness (QED) is 0.192. The van der Waals surface area contributed by atoms with Crippen LogP contribution in [0, 0.1) is 0 Å². The number of nitrogens with zero attached hydrogens (tertiary/aromatic N) is 5. The van der Waals surface area contributed by atoms with Gasteiger partial charge in [0.1, 0.15) is 0 Å². The number of dihydropyridines is 1. The lowest BCUT2D eigenvalue weighted by Gasteiger charge is -2.18. The van der Waals surface area contributed by atoms with Crippen LogP contribution in [0.15, 0.2) is 170 Å². The average Bonchev–Trinajstić information content (AvgIpc) is 3.19. The van der Waals surface area contributed by atoms with Gasteiger partial charge in [-0.15, -0.1) is 0 Å². The summed E-state index contributed by atoms with van der Waals surface area (Å²) in [6.07, 6.45) is 13.5. The monoisotopic (exact) mass is 618 g/mol. The lowest BCUT2D eigenvalue weighted by molar-refractivity contribution is 0.722. The molecule has 0 saturated carbocycles. The van der Waals surface area contributed by atoms with E-state index in [0.29, 0.717) is 0 Å². The SMILES string of the molecule is C1=CNC(c2cc(-c3ccc(-c4ccc(-c5cc(-c6ccccn6)nc(-c6ccccn6)c5)cc4)cc3)cc(-c3ccccn3)n2)C=C1. The Labute approximate surface area is 279 Å². The summed E-state index contributed by atoms with van der Waals surface area (Å²) in [5.41, 5.74) is 12.6. The van der Waals surface area contributed by atoms with Crippen molar-refractivity contribution in [1.29, 1.82) is 0 Å². The second-order valence-electron chi connectivity index (χ2n) is 11.5. The Bertz CT molecular complexity index is 2170. The third-order valence-electron chi connectivity index (χ3n) is 8.33. The van der Waals surface area contributed by atoms with E-state index in [2.05, 4.69) is 99.1 Å². The molecule has 1 aliphatic heterocycles. The van der Waals surface area contributed by atoms with E-state index in [1.54, 1.807) is 18.6 Å². The van der Waals surface area contributed by atoms with E-state index in [1.165, 1.54) is 0 Å². The van der Waals surface area contributed by atoms with Crippen molar-refractivity contribution in [3.63, 3.8) is 0 Å². The number of pyridine rings is 5. The second-order valence-corrected chi connectivity index (χ2v) is 11.5. The minimum absolute atomic E-state index is 0.00401. The first-order valence-corrected chi connectivity index (χ1v) is 15.9. The molecule has 1 unspecified atom stereocenters. The molecule has 7 aromatic rings. The Morgan fingerprint density at radius 3 is 1.25 bits per heavy atom. The molecule has 0 bridgehead atoms. The molecule has 48 heavy (non-hydrogen) atoms. The maximum Gasteiger partial charge on any atom is 0.0900 e. The fourth-order valence-corrected chi connectivity index (χ4v) is 5.85. The van der Waals surface area contributed by atoms with E-state index in [4.69, 9.17) is 9.97 Å². The lowest BCUT2D eigenvalue weighted by atomic mass is 9.96. The molecule has 0 fully saturated rings. The number of allylic oxidation sites excluding steroid dienone is 2. The minimum Gasteiger partial charge on any atom is -0.379 e. The van der Waals surface area contributed by atoms with Crippen molar-refractivity contribution in [2.45, 2.75) is 6.04 Å². The van der Waals surface area contributed by atoms with Crippen LogP contribution in [0.1, 0.15) is 11.7 Å². The maximum atomic E-state index is 4.98. The van der Waals surface area contributed by atoms with Crippen LogP contribution in [0.3, 0.4) is 0 Å². The predicted molar refractivity (Wildman–Crippen MR) is 192 cm³/mol. The van der Waals surface area contributed by atoms with Gasteiger partial charge in [0.2, 0.25) is 0 Å². The first-order chi connectivity index (χ1) is 23.8. The van der Waals surface area contributed by atoms with Crippen molar-refractivity contribution in [3.8, 4) is 67.5 Å². The normalized spacial score (nSPS) is 13.6. The molecular formula is C42H30N6. The summed E-state index contributed by atoms with van der Waals surface area (Å²) < 4.78 is 0. The van der Waals surface area contributed by atoms with Gasteiger partial charge in [0.25, 0.3) is 0 Å². The molecule has 6 nitrogen and oxygen atoms in total. The van der Waals surface area contributed by atoms with Crippen LogP contribution in [0.4, 0.5) is 0 Å². The third-order valence-corrected chi connectivity index (χ3v) is 8.33. The maximum absolute atomic E-state index is 4.98. The highest BCUT2D eigenvalue weighted by Gasteiger charge is 2.15. The van der Waals surface area contributed by atoms with Crippen LogP contribution in [0.2, 0.25) is 0 Å². The van der Waals surface area contributed by atoms with Gasteiger partial charge in [-0.3, -0.25) is 15.0 Å². The van der Waals surface area contributed by atoms with E-state index < -0.39 is 0 Å². The first-order valence-electron chi connectivity index (χ1n) is 15.9. The Morgan fingerprint density at radius 1 is 0.396 bits per heavy atom. The van der Waals surface area contributed by atoms with Gasteiger partial charge >= 0.3 is 0 Å². The van der Waals surface area contributed by atoms with Crippen molar-refractivity contribution in [2.24, 2.45) is 0 Å². The topological polar surface area (TPSA) is 76.5 Å². The van der Waals surface area contributed by atoms with Crippen molar-refractivity contribution in [2.75, 3.05) is 0 Å². The molecule has 228 valence electrons. The number of rotatable bonds is 7. The van der Waals surface area contributed by atoms with Crippen LogP contribution in [-0.2, 0) is 0 Å². The van der Waals surface area contributed by atoms with Gasteiger partial charge in [-0.25, -0.2) is 9.97 Å². The Morgan fingerprint density at radius 2 is 0.833 bits per heavy atom. The van der Waals surface area contributed by atoms with Gasteiger partial charge in [0, 0.05) is 18.6 Å².